The van der Waals surface area contributed by atoms with Crippen LogP contribution >= 0.6 is 0 Å². The van der Waals surface area contributed by atoms with Gasteiger partial charge in [-0.2, -0.15) is 0 Å². The third-order valence-electron chi connectivity index (χ3n) is 4.71. The number of unbranched alkanes of at least 4 members (excludes halogenated alkanes) is 1. The number of rotatable bonds is 9. The van der Waals surface area contributed by atoms with Gasteiger partial charge in [0.2, 0.25) is 0 Å². The molecule has 144 valence electrons. The molecule has 0 amide bonds. The second-order valence-corrected chi connectivity index (χ2v) is 6.67. The van der Waals surface area contributed by atoms with Crippen LogP contribution in [0.2, 0.25) is 0 Å². The maximum absolute atomic E-state index is 4.70. The van der Waals surface area contributed by atoms with Crippen molar-refractivity contribution in [3.63, 3.8) is 0 Å². The number of nitrogens with one attached hydrogen (secondary N) is 3. The number of para-hydroxylation sites is 1. The van der Waals surface area contributed by atoms with E-state index < -0.39 is 0 Å². The summed E-state index contributed by atoms with van der Waals surface area (Å²) in [5.41, 5.74) is 2.53. The average molecular weight is 367 g/mol. The molecule has 2 heterocycles. The van der Waals surface area contributed by atoms with Crippen molar-refractivity contribution in [2.24, 2.45) is 4.99 Å². The summed E-state index contributed by atoms with van der Waals surface area (Å²) in [5, 5.41) is 8.08. The van der Waals surface area contributed by atoms with Gasteiger partial charge in [-0.15, -0.1) is 0 Å². The van der Waals surface area contributed by atoms with Gasteiger partial charge in [0, 0.05) is 55.7 Å². The zero-order valence-corrected chi connectivity index (χ0v) is 16.3. The van der Waals surface area contributed by atoms with Crippen LogP contribution in [-0.2, 0) is 13.0 Å². The van der Waals surface area contributed by atoms with Crippen molar-refractivity contribution < 1.29 is 0 Å². The van der Waals surface area contributed by atoms with Crippen molar-refractivity contribution >= 4 is 16.9 Å². The topological polar surface area (TPSA) is 70.0 Å². The predicted molar refractivity (Wildman–Crippen MR) is 112 cm³/mol. The Labute approximate surface area is 161 Å². The molecule has 3 aromatic rings. The molecular formula is C21H30N6. The molecule has 3 N–H and O–H groups in total. The Morgan fingerprint density at radius 1 is 1.22 bits per heavy atom. The van der Waals surface area contributed by atoms with E-state index >= 15 is 0 Å². The van der Waals surface area contributed by atoms with E-state index in [0.29, 0.717) is 0 Å². The fraction of sp³-hybridized carbons (Fsp3) is 0.429. The van der Waals surface area contributed by atoms with Crippen molar-refractivity contribution in [2.75, 3.05) is 19.6 Å². The Morgan fingerprint density at radius 3 is 2.93 bits per heavy atom. The summed E-state index contributed by atoms with van der Waals surface area (Å²) in [5.74, 6) is 1.97. The molecule has 0 saturated heterocycles. The summed E-state index contributed by atoms with van der Waals surface area (Å²) in [7, 11) is 0. The minimum atomic E-state index is 0.830. The van der Waals surface area contributed by atoms with Gasteiger partial charge >= 0.3 is 0 Å². The molecule has 1 aromatic carbocycles. The quantitative estimate of drug-likeness (QED) is 0.309. The number of aromatic nitrogens is 3. The van der Waals surface area contributed by atoms with E-state index in [4.69, 9.17) is 4.99 Å². The highest BCUT2D eigenvalue weighted by Gasteiger charge is 2.03. The van der Waals surface area contributed by atoms with Crippen LogP contribution in [0.5, 0.6) is 0 Å². The van der Waals surface area contributed by atoms with Gasteiger partial charge in [-0.3, -0.25) is 4.99 Å². The average Bonchev–Trinajstić information content (AvgIpc) is 3.28. The molecule has 0 aliphatic carbocycles. The highest BCUT2D eigenvalue weighted by atomic mass is 15.2. The smallest absolute Gasteiger partial charge is 0.191 e. The summed E-state index contributed by atoms with van der Waals surface area (Å²) >= 11 is 0. The highest BCUT2D eigenvalue weighted by molar-refractivity contribution is 5.83. The third kappa shape index (κ3) is 5.36. The van der Waals surface area contributed by atoms with Crippen molar-refractivity contribution in [3.05, 3.63) is 54.2 Å². The molecule has 0 spiro atoms. The van der Waals surface area contributed by atoms with Gasteiger partial charge in [-0.1, -0.05) is 18.2 Å². The van der Waals surface area contributed by atoms with Crippen LogP contribution in [0.4, 0.5) is 0 Å². The summed E-state index contributed by atoms with van der Waals surface area (Å²) in [6.07, 6.45) is 9.14. The summed E-state index contributed by atoms with van der Waals surface area (Å²) in [6.45, 7) is 7.70. The van der Waals surface area contributed by atoms with Crippen LogP contribution in [0.15, 0.2) is 47.8 Å². The van der Waals surface area contributed by atoms with E-state index in [1.54, 1.807) is 0 Å². The lowest BCUT2D eigenvalue weighted by Gasteiger charge is -2.11. The number of aromatic amines is 1. The number of fused-ring (bicyclic) bond motifs is 1. The van der Waals surface area contributed by atoms with Gasteiger partial charge in [0.1, 0.15) is 5.82 Å². The Morgan fingerprint density at radius 2 is 2.11 bits per heavy atom. The maximum Gasteiger partial charge on any atom is 0.191 e. The van der Waals surface area contributed by atoms with Crippen LogP contribution in [0, 0.1) is 6.92 Å². The number of aryl methyl sites for hydroxylation is 2. The number of benzene rings is 1. The molecule has 0 fully saturated rings. The Balaban J connectivity index is 1.42. The first kappa shape index (κ1) is 19.0. The second kappa shape index (κ2) is 9.80. The largest absolute Gasteiger partial charge is 0.361 e. The number of H-pyrrole nitrogens is 1. The molecule has 3 rings (SSSR count). The van der Waals surface area contributed by atoms with Gasteiger partial charge in [0.25, 0.3) is 0 Å². The monoisotopic (exact) mass is 366 g/mol. The molecule has 0 aliphatic heterocycles. The molecule has 27 heavy (non-hydrogen) atoms. The van der Waals surface area contributed by atoms with E-state index in [0.717, 1.165) is 57.2 Å². The number of hydrogen-bond acceptors (Lipinski definition) is 2. The minimum Gasteiger partial charge on any atom is -0.361 e. The minimum absolute atomic E-state index is 0.830. The molecule has 0 unspecified atom stereocenters. The molecule has 6 heteroatoms. The SMILES string of the molecule is CCNC(=NCCCCn1ccnc1C)NCCc1c[nH]c2ccccc12. The zero-order valence-electron chi connectivity index (χ0n) is 16.3. The van der Waals surface area contributed by atoms with Gasteiger partial charge in [0.15, 0.2) is 5.96 Å². The van der Waals surface area contributed by atoms with Gasteiger partial charge < -0.3 is 20.2 Å². The van der Waals surface area contributed by atoms with Gasteiger partial charge in [-0.05, 0) is 44.7 Å². The molecule has 0 saturated carbocycles. The number of aliphatic imine (C=N–C) groups is 1. The lowest BCUT2D eigenvalue weighted by molar-refractivity contribution is 0.600. The van der Waals surface area contributed by atoms with E-state index in [1.807, 2.05) is 19.3 Å². The van der Waals surface area contributed by atoms with Crippen molar-refractivity contribution in [1.29, 1.82) is 0 Å². The fourth-order valence-corrected chi connectivity index (χ4v) is 3.22. The summed E-state index contributed by atoms with van der Waals surface area (Å²) in [4.78, 5) is 12.3. The Kier molecular flexibility index (Phi) is 6.90. The molecule has 0 aliphatic rings. The van der Waals surface area contributed by atoms with E-state index in [2.05, 4.69) is 62.6 Å². The Hall–Kier alpha value is -2.76. The summed E-state index contributed by atoms with van der Waals surface area (Å²) < 4.78 is 2.19. The van der Waals surface area contributed by atoms with Crippen LogP contribution in [0.3, 0.4) is 0 Å². The molecule has 0 radical (unpaired) electrons. The number of hydrogen-bond donors (Lipinski definition) is 3. The lowest BCUT2D eigenvalue weighted by Crippen LogP contribution is -2.38. The standard InChI is InChI=1S/C21H30N6/c1-3-22-21(24-11-6-7-14-27-15-13-23-17(27)2)25-12-10-18-16-26-20-9-5-4-8-19(18)20/h4-5,8-9,13,15-16,26H,3,6-7,10-12,14H2,1-2H3,(H2,22,24,25). The van der Waals surface area contributed by atoms with Gasteiger partial charge in [0.05, 0.1) is 0 Å². The first-order valence-electron chi connectivity index (χ1n) is 9.83. The molecule has 6 nitrogen and oxygen atoms in total. The normalized spacial score (nSPS) is 11.9. The summed E-state index contributed by atoms with van der Waals surface area (Å²) in [6, 6.07) is 8.43. The van der Waals surface area contributed by atoms with Crippen molar-refractivity contribution in [3.8, 4) is 0 Å². The Bertz CT molecular complexity index is 860. The van der Waals surface area contributed by atoms with Crippen LogP contribution in [0.1, 0.15) is 31.2 Å². The number of imidazole rings is 1. The van der Waals surface area contributed by atoms with E-state index in [9.17, 15) is 0 Å². The van der Waals surface area contributed by atoms with E-state index in [1.165, 1.54) is 16.5 Å². The van der Waals surface area contributed by atoms with Crippen LogP contribution in [0.25, 0.3) is 10.9 Å². The molecule has 2 aromatic heterocycles. The molecule has 0 atom stereocenters. The molecular weight excluding hydrogens is 336 g/mol. The number of nitrogens with zero attached hydrogens (tertiary/aromatic N) is 3. The highest BCUT2D eigenvalue weighted by Crippen LogP contribution is 2.17. The maximum atomic E-state index is 4.70. The van der Waals surface area contributed by atoms with Crippen LogP contribution < -0.4 is 10.6 Å². The van der Waals surface area contributed by atoms with Crippen molar-refractivity contribution in [2.45, 2.75) is 39.7 Å². The zero-order chi connectivity index (χ0) is 18.9. The van der Waals surface area contributed by atoms with Gasteiger partial charge in [-0.25, -0.2) is 4.98 Å². The molecule has 0 bridgehead atoms. The second-order valence-electron chi connectivity index (χ2n) is 6.67. The third-order valence-corrected chi connectivity index (χ3v) is 4.71. The number of guanidine groups is 1. The van der Waals surface area contributed by atoms with Crippen molar-refractivity contribution in [1.82, 2.24) is 25.2 Å². The van der Waals surface area contributed by atoms with Crippen LogP contribution in [-0.4, -0.2) is 40.1 Å². The first-order chi connectivity index (χ1) is 13.3. The van der Waals surface area contributed by atoms with E-state index in [-0.39, 0.29) is 0 Å². The first-order valence-corrected chi connectivity index (χ1v) is 9.83. The fourth-order valence-electron chi connectivity index (χ4n) is 3.22. The predicted octanol–water partition coefficient (Wildman–Crippen LogP) is 3.25. The lowest BCUT2D eigenvalue weighted by atomic mass is 10.1.